The smallest absolute Gasteiger partial charge is 0.309 e. The Hall–Kier alpha value is -1.16. The lowest BCUT2D eigenvalue weighted by molar-refractivity contribution is -0.136. The molecule has 0 amide bonds. The fraction of sp³-hybridized carbons (Fsp3) is 0.143. The second-order valence-electron chi connectivity index (χ2n) is 2.04. The summed E-state index contributed by atoms with van der Waals surface area (Å²) in [5.41, 5.74) is 0.360. The van der Waals surface area contributed by atoms with Crippen molar-refractivity contribution >= 4 is 18.4 Å². The molecule has 1 aromatic rings. The van der Waals surface area contributed by atoms with Crippen molar-refractivity contribution in [2.45, 2.75) is 6.42 Å². The maximum Gasteiger partial charge on any atom is 0.309 e. The van der Waals surface area contributed by atoms with Crippen LogP contribution in [0.25, 0.3) is 0 Å². The zero-order valence-electron chi connectivity index (χ0n) is 6.03. The van der Waals surface area contributed by atoms with Gasteiger partial charge in [-0.15, -0.1) is 12.4 Å². The maximum atomic E-state index is 12.2. The summed E-state index contributed by atoms with van der Waals surface area (Å²) in [6, 6.07) is 2.54. The van der Waals surface area contributed by atoms with Crippen molar-refractivity contribution in [1.82, 2.24) is 4.98 Å². The van der Waals surface area contributed by atoms with Gasteiger partial charge in [0, 0.05) is 0 Å². The van der Waals surface area contributed by atoms with Crippen LogP contribution in [0.2, 0.25) is 0 Å². The molecule has 5 heteroatoms. The molecule has 1 heterocycles. The minimum Gasteiger partial charge on any atom is -0.481 e. The number of hydrogen-bond donors (Lipinski definition) is 1. The van der Waals surface area contributed by atoms with Crippen LogP contribution in [0.1, 0.15) is 5.69 Å². The first-order valence-electron chi connectivity index (χ1n) is 3.00. The predicted octanol–water partition coefficient (Wildman–Crippen LogP) is 1.27. The van der Waals surface area contributed by atoms with Gasteiger partial charge >= 0.3 is 5.97 Å². The quantitative estimate of drug-likeness (QED) is 0.766. The molecule has 0 aromatic carbocycles. The summed E-state index contributed by atoms with van der Waals surface area (Å²) in [5.74, 6) is -1.43. The Kier molecular flexibility index (Phi) is 4.21. The summed E-state index contributed by atoms with van der Waals surface area (Å²) >= 11 is 0. The largest absolute Gasteiger partial charge is 0.481 e. The van der Waals surface area contributed by atoms with Crippen molar-refractivity contribution in [3.63, 3.8) is 0 Å². The summed E-state index contributed by atoms with van der Waals surface area (Å²) < 4.78 is 12.2. The Balaban J connectivity index is 0.00000121. The summed E-state index contributed by atoms with van der Waals surface area (Å²) in [6.07, 6.45) is 0.832. The van der Waals surface area contributed by atoms with Crippen LogP contribution >= 0.6 is 12.4 Å². The van der Waals surface area contributed by atoms with Crippen molar-refractivity contribution in [3.8, 4) is 0 Å². The van der Waals surface area contributed by atoms with Gasteiger partial charge in [0.15, 0.2) is 0 Å². The van der Waals surface area contributed by atoms with E-state index in [0.717, 1.165) is 6.20 Å². The highest BCUT2D eigenvalue weighted by Crippen LogP contribution is 1.98. The highest BCUT2D eigenvalue weighted by molar-refractivity contribution is 5.85. The highest BCUT2D eigenvalue weighted by Gasteiger charge is 2.00. The number of pyridine rings is 1. The van der Waals surface area contributed by atoms with Crippen molar-refractivity contribution < 1.29 is 14.3 Å². The minimum atomic E-state index is -0.968. The van der Waals surface area contributed by atoms with E-state index in [9.17, 15) is 9.18 Å². The molecule has 0 bridgehead atoms. The van der Waals surface area contributed by atoms with E-state index in [4.69, 9.17) is 5.11 Å². The molecule has 66 valence electrons. The molecular weight excluding hydrogens is 185 g/mol. The Labute approximate surface area is 74.7 Å². The normalized spacial score (nSPS) is 8.75. The highest BCUT2D eigenvalue weighted by atomic mass is 35.5. The van der Waals surface area contributed by atoms with Gasteiger partial charge in [-0.1, -0.05) is 0 Å². The molecule has 1 aromatic heterocycles. The second-order valence-corrected chi connectivity index (χ2v) is 2.04. The molecule has 0 spiro atoms. The Morgan fingerprint density at radius 2 is 2.25 bits per heavy atom. The molecule has 0 aliphatic rings. The molecule has 0 saturated carbocycles. The molecule has 0 atom stereocenters. The van der Waals surface area contributed by atoms with Crippen molar-refractivity contribution in [3.05, 3.63) is 29.8 Å². The van der Waals surface area contributed by atoms with Crippen LogP contribution in [0, 0.1) is 5.82 Å². The van der Waals surface area contributed by atoms with Gasteiger partial charge in [-0.05, 0) is 12.1 Å². The molecule has 0 aliphatic carbocycles. The SMILES string of the molecule is Cl.O=C(O)Cc1ccc(F)cn1. The first kappa shape index (κ1) is 10.8. The molecular formula is C7H7ClFNO2. The van der Waals surface area contributed by atoms with Crippen LogP contribution in [0.4, 0.5) is 4.39 Å². The molecule has 1 rings (SSSR count). The van der Waals surface area contributed by atoms with Gasteiger partial charge < -0.3 is 5.11 Å². The monoisotopic (exact) mass is 191 g/mol. The molecule has 0 aliphatic heterocycles. The predicted molar refractivity (Wildman–Crippen MR) is 42.8 cm³/mol. The summed E-state index contributed by atoms with van der Waals surface area (Å²) in [6.45, 7) is 0. The van der Waals surface area contributed by atoms with Gasteiger partial charge in [-0.25, -0.2) is 4.39 Å². The lowest BCUT2D eigenvalue weighted by atomic mass is 10.3. The van der Waals surface area contributed by atoms with Crippen molar-refractivity contribution in [1.29, 1.82) is 0 Å². The number of nitrogens with zero attached hydrogens (tertiary/aromatic N) is 1. The van der Waals surface area contributed by atoms with E-state index in [1.54, 1.807) is 0 Å². The van der Waals surface area contributed by atoms with Gasteiger partial charge in [-0.2, -0.15) is 0 Å². The minimum absolute atomic E-state index is 0. The zero-order valence-corrected chi connectivity index (χ0v) is 6.84. The molecule has 0 fully saturated rings. The number of halogens is 2. The van der Waals surface area contributed by atoms with E-state index < -0.39 is 11.8 Å². The molecule has 0 unspecified atom stereocenters. The number of carbonyl (C=O) groups is 1. The number of aromatic nitrogens is 1. The van der Waals surface area contributed by atoms with Gasteiger partial charge in [0.1, 0.15) is 5.82 Å². The molecule has 0 radical (unpaired) electrons. The number of rotatable bonds is 2. The van der Waals surface area contributed by atoms with E-state index in [1.807, 2.05) is 0 Å². The first-order chi connectivity index (χ1) is 5.18. The zero-order chi connectivity index (χ0) is 8.27. The summed E-state index contributed by atoms with van der Waals surface area (Å²) in [5, 5.41) is 8.30. The van der Waals surface area contributed by atoms with Gasteiger partial charge in [0.25, 0.3) is 0 Å². The van der Waals surface area contributed by atoms with Crippen molar-refractivity contribution in [2.24, 2.45) is 0 Å². The van der Waals surface area contributed by atoms with E-state index in [2.05, 4.69) is 4.98 Å². The fourth-order valence-corrected chi connectivity index (χ4v) is 0.666. The average molecular weight is 192 g/mol. The van der Waals surface area contributed by atoms with Crippen LogP contribution in [0.5, 0.6) is 0 Å². The molecule has 12 heavy (non-hydrogen) atoms. The Morgan fingerprint density at radius 3 is 2.67 bits per heavy atom. The van der Waals surface area contributed by atoms with Crippen LogP contribution < -0.4 is 0 Å². The van der Waals surface area contributed by atoms with E-state index >= 15 is 0 Å². The van der Waals surface area contributed by atoms with E-state index in [1.165, 1.54) is 12.1 Å². The fourth-order valence-electron chi connectivity index (χ4n) is 0.666. The first-order valence-corrected chi connectivity index (χ1v) is 3.00. The topological polar surface area (TPSA) is 50.2 Å². The van der Waals surface area contributed by atoms with Crippen molar-refractivity contribution in [2.75, 3.05) is 0 Å². The second kappa shape index (κ2) is 4.66. The number of hydrogen-bond acceptors (Lipinski definition) is 2. The number of aliphatic carboxylic acids is 1. The van der Waals surface area contributed by atoms with Crippen LogP contribution in [-0.4, -0.2) is 16.1 Å². The molecule has 1 N–H and O–H groups in total. The summed E-state index contributed by atoms with van der Waals surface area (Å²) in [7, 11) is 0. The van der Waals surface area contributed by atoms with Gasteiger partial charge in [-0.3, -0.25) is 9.78 Å². The lowest BCUT2D eigenvalue weighted by Gasteiger charge is -1.93. The van der Waals surface area contributed by atoms with Gasteiger partial charge in [0.2, 0.25) is 0 Å². The standard InChI is InChI=1S/C7H6FNO2.ClH/c8-5-1-2-6(9-4-5)3-7(10)11;/h1-2,4H,3H2,(H,10,11);1H. The van der Waals surface area contributed by atoms with Crippen LogP contribution in [0.3, 0.4) is 0 Å². The van der Waals surface area contributed by atoms with E-state index in [-0.39, 0.29) is 18.8 Å². The Morgan fingerprint density at radius 1 is 1.58 bits per heavy atom. The Bertz CT molecular complexity index is 263. The molecule has 3 nitrogen and oxygen atoms in total. The third-order valence-corrected chi connectivity index (χ3v) is 1.12. The van der Waals surface area contributed by atoms with Crippen LogP contribution in [-0.2, 0) is 11.2 Å². The average Bonchev–Trinajstić information content (AvgIpc) is 1.93. The third kappa shape index (κ3) is 3.30. The lowest BCUT2D eigenvalue weighted by Crippen LogP contribution is -2.01. The summed E-state index contributed by atoms with van der Waals surface area (Å²) in [4.78, 5) is 13.7. The van der Waals surface area contributed by atoms with Gasteiger partial charge in [0.05, 0.1) is 18.3 Å². The molecule has 0 saturated heterocycles. The van der Waals surface area contributed by atoms with Crippen LogP contribution in [0.15, 0.2) is 18.3 Å². The maximum absolute atomic E-state index is 12.2. The third-order valence-electron chi connectivity index (χ3n) is 1.12. The number of carboxylic acids is 1. The number of carboxylic acid groups (broad SMARTS) is 1. The van der Waals surface area contributed by atoms with E-state index in [0.29, 0.717) is 5.69 Å².